The zero-order valence-electron chi connectivity index (χ0n) is 11.4. The van der Waals surface area contributed by atoms with Crippen molar-refractivity contribution < 1.29 is 14.6 Å². The molecule has 1 saturated heterocycles. The number of methoxy groups -OCH3 is 1. The molecule has 0 bridgehead atoms. The van der Waals surface area contributed by atoms with E-state index < -0.39 is 0 Å². The average Bonchev–Trinajstić information content (AvgIpc) is 2.40. The first-order valence-corrected chi connectivity index (χ1v) is 7.20. The molecule has 1 amide bonds. The highest BCUT2D eigenvalue weighted by Gasteiger charge is 2.28. The predicted molar refractivity (Wildman–Crippen MR) is 78.7 cm³/mol. The molecule has 1 aliphatic rings. The second-order valence-electron chi connectivity index (χ2n) is 5.06. The molecule has 2 unspecified atom stereocenters. The lowest BCUT2D eigenvalue weighted by Crippen LogP contribution is -2.44. The summed E-state index contributed by atoms with van der Waals surface area (Å²) >= 11 is 12.1. The van der Waals surface area contributed by atoms with Crippen LogP contribution in [-0.2, 0) is 0 Å². The Morgan fingerprint density at radius 3 is 2.50 bits per heavy atom. The van der Waals surface area contributed by atoms with Crippen molar-refractivity contribution in [2.45, 2.75) is 19.4 Å². The van der Waals surface area contributed by atoms with Crippen LogP contribution in [0.25, 0.3) is 0 Å². The van der Waals surface area contributed by atoms with E-state index in [9.17, 15) is 9.90 Å². The first-order chi connectivity index (χ1) is 9.43. The molecule has 0 aliphatic carbocycles. The summed E-state index contributed by atoms with van der Waals surface area (Å²) in [5, 5.41) is 10.3. The van der Waals surface area contributed by atoms with E-state index in [1.807, 2.05) is 6.92 Å². The lowest BCUT2D eigenvalue weighted by atomic mass is 9.96. The Balaban J connectivity index is 2.21. The third-order valence-electron chi connectivity index (χ3n) is 3.60. The molecule has 110 valence electrons. The second kappa shape index (κ2) is 6.20. The molecular weight excluding hydrogens is 301 g/mol. The SMILES string of the molecule is COc1c(Cl)cc(C(=O)N2CCC(O)C(C)C2)cc1Cl. The van der Waals surface area contributed by atoms with Gasteiger partial charge in [0.05, 0.1) is 23.3 Å². The van der Waals surface area contributed by atoms with E-state index in [1.54, 1.807) is 17.0 Å². The maximum Gasteiger partial charge on any atom is 0.253 e. The smallest absolute Gasteiger partial charge is 0.253 e. The highest BCUT2D eigenvalue weighted by molar-refractivity contribution is 6.37. The first kappa shape index (κ1) is 15.4. The topological polar surface area (TPSA) is 49.8 Å². The monoisotopic (exact) mass is 317 g/mol. The van der Waals surface area contributed by atoms with Crippen LogP contribution in [0, 0.1) is 5.92 Å². The van der Waals surface area contributed by atoms with Crippen molar-refractivity contribution in [1.29, 1.82) is 0 Å². The van der Waals surface area contributed by atoms with Crippen LogP contribution in [0.3, 0.4) is 0 Å². The van der Waals surface area contributed by atoms with Gasteiger partial charge in [-0.15, -0.1) is 0 Å². The van der Waals surface area contributed by atoms with Crippen LogP contribution in [0.1, 0.15) is 23.7 Å². The normalized spacial score (nSPS) is 22.8. The summed E-state index contributed by atoms with van der Waals surface area (Å²) in [5.74, 6) is 0.305. The Morgan fingerprint density at radius 2 is 2.00 bits per heavy atom. The standard InChI is InChI=1S/C14H17Cl2NO3/c1-8-7-17(4-3-12(8)18)14(19)9-5-10(15)13(20-2)11(16)6-9/h5-6,8,12,18H,3-4,7H2,1-2H3. The van der Waals surface area contributed by atoms with Crippen LogP contribution in [0.15, 0.2) is 12.1 Å². The van der Waals surface area contributed by atoms with Crippen LogP contribution in [-0.4, -0.2) is 42.2 Å². The number of carbonyl (C=O) groups is 1. The summed E-state index contributed by atoms with van der Waals surface area (Å²) in [4.78, 5) is 14.2. The lowest BCUT2D eigenvalue weighted by Gasteiger charge is -2.34. The van der Waals surface area contributed by atoms with E-state index in [1.165, 1.54) is 7.11 Å². The first-order valence-electron chi connectivity index (χ1n) is 6.44. The molecule has 0 aromatic heterocycles. The van der Waals surface area contributed by atoms with E-state index in [0.29, 0.717) is 40.9 Å². The molecule has 1 aromatic carbocycles. The van der Waals surface area contributed by atoms with Crippen molar-refractivity contribution in [3.05, 3.63) is 27.7 Å². The van der Waals surface area contributed by atoms with Gasteiger partial charge in [-0.1, -0.05) is 30.1 Å². The average molecular weight is 318 g/mol. The Kier molecular flexibility index (Phi) is 4.78. The van der Waals surface area contributed by atoms with Crippen LogP contribution in [0.4, 0.5) is 0 Å². The van der Waals surface area contributed by atoms with Gasteiger partial charge in [0.2, 0.25) is 0 Å². The maximum atomic E-state index is 12.4. The summed E-state index contributed by atoms with van der Waals surface area (Å²) in [6.45, 7) is 2.99. The third kappa shape index (κ3) is 3.03. The molecule has 1 aromatic rings. The highest BCUT2D eigenvalue weighted by atomic mass is 35.5. The van der Waals surface area contributed by atoms with Crippen molar-refractivity contribution in [2.24, 2.45) is 5.92 Å². The van der Waals surface area contributed by atoms with Crippen LogP contribution in [0.5, 0.6) is 5.75 Å². The van der Waals surface area contributed by atoms with Gasteiger partial charge in [0.25, 0.3) is 5.91 Å². The predicted octanol–water partition coefficient (Wildman–Crippen LogP) is 2.84. The van der Waals surface area contributed by atoms with Gasteiger partial charge in [0.15, 0.2) is 5.75 Å². The minimum absolute atomic E-state index is 0.0666. The van der Waals surface area contributed by atoms with E-state index in [4.69, 9.17) is 27.9 Å². The Labute approximate surface area is 128 Å². The van der Waals surface area contributed by atoms with Gasteiger partial charge in [-0.05, 0) is 24.5 Å². The van der Waals surface area contributed by atoms with E-state index in [-0.39, 0.29) is 17.9 Å². The zero-order valence-corrected chi connectivity index (χ0v) is 12.9. The van der Waals surface area contributed by atoms with Crippen molar-refractivity contribution in [3.8, 4) is 5.75 Å². The van der Waals surface area contributed by atoms with Gasteiger partial charge in [-0.2, -0.15) is 0 Å². The summed E-state index contributed by atoms with van der Waals surface area (Å²) in [6.07, 6.45) is 0.243. The third-order valence-corrected chi connectivity index (χ3v) is 4.16. The number of amides is 1. The number of aliphatic hydroxyl groups is 1. The number of carbonyl (C=O) groups excluding carboxylic acids is 1. The molecule has 1 fully saturated rings. The van der Waals surface area contributed by atoms with Gasteiger partial charge in [-0.25, -0.2) is 0 Å². The van der Waals surface area contributed by atoms with Gasteiger partial charge < -0.3 is 14.7 Å². The van der Waals surface area contributed by atoms with Gasteiger partial charge in [0, 0.05) is 18.7 Å². The fourth-order valence-corrected chi connectivity index (χ4v) is 3.02. The largest absolute Gasteiger partial charge is 0.494 e. The van der Waals surface area contributed by atoms with E-state index in [0.717, 1.165) is 0 Å². The number of hydrogen-bond acceptors (Lipinski definition) is 3. The van der Waals surface area contributed by atoms with Crippen molar-refractivity contribution in [3.63, 3.8) is 0 Å². The lowest BCUT2D eigenvalue weighted by molar-refractivity contribution is 0.0297. The quantitative estimate of drug-likeness (QED) is 0.912. The van der Waals surface area contributed by atoms with Crippen LogP contribution >= 0.6 is 23.2 Å². The number of halogens is 2. The summed E-state index contributed by atoms with van der Waals surface area (Å²) < 4.78 is 5.07. The number of likely N-dealkylation sites (tertiary alicyclic amines) is 1. The molecule has 0 radical (unpaired) electrons. The molecule has 6 heteroatoms. The zero-order chi connectivity index (χ0) is 14.9. The molecule has 0 spiro atoms. The molecule has 0 saturated carbocycles. The minimum atomic E-state index is -0.345. The van der Waals surface area contributed by atoms with Crippen molar-refractivity contribution in [2.75, 3.05) is 20.2 Å². The molecule has 1 heterocycles. The molecular formula is C14H17Cl2NO3. The molecule has 20 heavy (non-hydrogen) atoms. The van der Waals surface area contributed by atoms with Crippen molar-refractivity contribution >= 4 is 29.1 Å². The summed E-state index contributed by atoms with van der Waals surface area (Å²) in [6, 6.07) is 3.12. The number of benzene rings is 1. The van der Waals surface area contributed by atoms with Gasteiger partial charge in [0.1, 0.15) is 0 Å². The number of nitrogens with zero attached hydrogens (tertiary/aromatic N) is 1. The highest BCUT2D eigenvalue weighted by Crippen LogP contribution is 2.34. The molecule has 4 nitrogen and oxygen atoms in total. The maximum absolute atomic E-state index is 12.4. The van der Waals surface area contributed by atoms with Crippen molar-refractivity contribution in [1.82, 2.24) is 4.90 Å². The number of rotatable bonds is 2. The number of ether oxygens (including phenoxy) is 1. The molecule has 1 N–H and O–H groups in total. The summed E-state index contributed by atoms with van der Waals surface area (Å²) in [5.41, 5.74) is 0.435. The fraction of sp³-hybridized carbons (Fsp3) is 0.500. The Bertz CT molecular complexity index is 498. The van der Waals surface area contributed by atoms with Gasteiger partial charge in [-0.3, -0.25) is 4.79 Å². The molecule has 2 rings (SSSR count). The number of hydrogen-bond donors (Lipinski definition) is 1. The van der Waals surface area contributed by atoms with Crippen LogP contribution in [0.2, 0.25) is 10.0 Å². The van der Waals surface area contributed by atoms with E-state index >= 15 is 0 Å². The van der Waals surface area contributed by atoms with E-state index in [2.05, 4.69) is 0 Å². The molecule has 2 atom stereocenters. The number of aliphatic hydroxyl groups excluding tert-OH is 1. The Morgan fingerprint density at radius 1 is 1.40 bits per heavy atom. The van der Waals surface area contributed by atoms with Crippen LogP contribution < -0.4 is 4.74 Å². The summed E-state index contributed by atoms with van der Waals surface area (Å²) in [7, 11) is 1.47. The van der Waals surface area contributed by atoms with Gasteiger partial charge >= 0.3 is 0 Å². The second-order valence-corrected chi connectivity index (χ2v) is 5.87. The fourth-order valence-electron chi connectivity index (χ4n) is 2.38. The molecule has 1 aliphatic heterocycles. The number of piperidine rings is 1. The Hall–Kier alpha value is -0.970. The minimum Gasteiger partial charge on any atom is -0.494 e.